The molecule has 0 unspecified atom stereocenters. The molecule has 1 aliphatic carbocycles. The summed E-state index contributed by atoms with van der Waals surface area (Å²) in [5.74, 6) is 0.386. The second-order valence-electron chi connectivity index (χ2n) is 16.3. The van der Waals surface area contributed by atoms with Crippen LogP contribution in [0, 0.1) is 6.92 Å². The van der Waals surface area contributed by atoms with E-state index in [1.165, 1.54) is 93.3 Å². The van der Waals surface area contributed by atoms with E-state index in [-0.39, 0.29) is 0 Å². The average molecular weight is 717 g/mol. The maximum absolute atomic E-state index is 5.00. The molecule has 1 saturated carbocycles. The maximum atomic E-state index is 5.00. The molecular weight excluding hydrogens is 665 g/mol. The van der Waals surface area contributed by atoms with Crippen molar-refractivity contribution >= 4 is 0 Å². The molecule has 0 aliphatic heterocycles. The van der Waals surface area contributed by atoms with Gasteiger partial charge in [-0.3, -0.25) is 9.97 Å². The minimum atomic E-state index is 0.304. The van der Waals surface area contributed by atoms with Crippen molar-refractivity contribution in [1.29, 1.82) is 0 Å². The van der Waals surface area contributed by atoms with E-state index in [2.05, 4.69) is 166 Å². The topological polar surface area (TPSA) is 25.8 Å². The summed E-state index contributed by atoms with van der Waals surface area (Å²) < 4.78 is 0. The normalized spacial score (nSPS) is 13.9. The number of rotatable bonds is 10. The molecule has 0 spiro atoms. The van der Waals surface area contributed by atoms with Gasteiger partial charge in [-0.25, -0.2) is 0 Å². The van der Waals surface area contributed by atoms with Gasteiger partial charge in [0.1, 0.15) is 0 Å². The van der Waals surface area contributed by atoms with Gasteiger partial charge >= 0.3 is 0 Å². The highest BCUT2D eigenvalue weighted by atomic mass is 14.7. The van der Waals surface area contributed by atoms with Crippen LogP contribution in [0.5, 0.6) is 0 Å². The van der Waals surface area contributed by atoms with Gasteiger partial charge in [0.15, 0.2) is 0 Å². The summed E-state index contributed by atoms with van der Waals surface area (Å²) in [7, 11) is 0. The first-order valence-electron chi connectivity index (χ1n) is 20.2. The highest BCUT2D eigenvalue weighted by Crippen LogP contribution is 2.41. The lowest BCUT2D eigenvalue weighted by atomic mass is 9.71. The fraction of sp³-hybridized carbons (Fsp3) is 0.245. The van der Waals surface area contributed by atoms with Crippen molar-refractivity contribution in [3.05, 3.63) is 180 Å². The van der Waals surface area contributed by atoms with Crippen LogP contribution in [0.15, 0.2) is 152 Å². The van der Waals surface area contributed by atoms with Crippen LogP contribution in [-0.2, 0) is 18.3 Å². The predicted molar refractivity (Wildman–Crippen MR) is 232 cm³/mol. The van der Waals surface area contributed by atoms with E-state index in [4.69, 9.17) is 4.98 Å². The molecule has 0 amide bonds. The summed E-state index contributed by atoms with van der Waals surface area (Å²) in [6.45, 7) is 9.20. The molecule has 5 aromatic carbocycles. The highest BCUT2D eigenvalue weighted by Gasteiger charge is 2.28. The van der Waals surface area contributed by atoms with E-state index in [0.29, 0.717) is 11.3 Å². The Labute approximate surface area is 328 Å². The number of pyridine rings is 2. The SMILES string of the molecule is Cc1cc(CCc2ccc(-c3ccccn3)cc2)cc(-c2ccccc2-c2ccc(-c3cc(-c4ccc(C5(C)CCCCC5)cc4)c(C(C)C)cn3)cc2)c1. The second kappa shape index (κ2) is 16.0. The smallest absolute Gasteiger partial charge is 0.0708 e. The number of benzene rings is 5. The fourth-order valence-corrected chi connectivity index (χ4v) is 8.64. The fourth-order valence-electron chi connectivity index (χ4n) is 8.64. The Morgan fingerprint density at radius 2 is 1.13 bits per heavy atom. The summed E-state index contributed by atoms with van der Waals surface area (Å²) in [6.07, 6.45) is 12.6. The Morgan fingerprint density at radius 1 is 0.527 bits per heavy atom. The van der Waals surface area contributed by atoms with Crippen molar-refractivity contribution in [3.63, 3.8) is 0 Å². The Kier molecular flexibility index (Phi) is 10.6. The number of aryl methyl sites for hydroxylation is 3. The molecule has 2 heteroatoms. The molecule has 1 fully saturated rings. The molecule has 2 heterocycles. The van der Waals surface area contributed by atoms with Gasteiger partial charge in [0.25, 0.3) is 0 Å². The molecule has 0 radical (unpaired) electrons. The molecule has 274 valence electrons. The maximum Gasteiger partial charge on any atom is 0.0708 e. The minimum Gasteiger partial charge on any atom is -0.256 e. The second-order valence-corrected chi connectivity index (χ2v) is 16.3. The van der Waals surface area contributed by atoms with Gasteiger partial charge in [-0.05, 0) is 118 Å². The van der Waals surface area contributed by atoms with Crippen LogP contribution < -0.4 is 0 Å². The molecule has 0 atom stereocenters. The van der Waals surface area contributed by atoms with Crippen LogP contribution in [-0.4, -0.2) is 9.97 Å². The lowest BCUT2D eigenvalue weighted by Crippen LogP contribution is -2.24. The quantitative estimate of drug-likeness (QED) is 0.141. The van der Waals surface area contributed by atoms with Crippen LogP contribution in [0.1, 0.15) is 86.6 Å². The van der Waals surface area contributed by atoms with Gasteiger partial charge in [-0.2, -0.15) is 0 Å². The van der Waals surface area contributed by atoms with Crippen LogP contribution in [0.4, 0.5) is 0 Å². The Hall–Kier alpha value is -5.60. The first-order chi connectivity index (χ1) is 26.8. The summed E-state index contributed by atoms with van der Waals surface area (Å²) >= 11 is 0. The van der Waals surface area contributed by atoms with E-state index >= 15 is 0 Å². The third-order valence-corrected chi connectivity index (χ3v) is 11.9. The van der Waals surface area contributed by atoms with Crippen LogP contribution in [0.3, 0.4) is 0 Å². The third kappa shape index (κ3) is 8.10. The summed E-state index contributed by atoms with van der Waals surface area (Å²) in [4.78, 5) is 9.50. The Bertz CT molecular complexity index is 2360. The molecular formula is C53H52N2. The zero-order valence-corrected chi connectivity index (χ0v) is 32.9. The average Bonchev–Trinajstić information content (AvgIpc) is 3.23. The van der Waals surface area contributed by atoms with Crippen LogP contribution in [0.25, 0.3) is 55.9 Å². The molecule has 1 aliphatic rings. The standard InChI is InChI=1S/C53H52N2/c1-37(2)50-36-55-52(35-49(50)42-25-27-46(28-26-42)53(4)29-9-5-10-30-53)44-23-21-41(22-24-44)47-12-6-7-13-48(47)45-33-38(3)32-40(34-45)16-15-39-17-19-43(20-18-39)51-14-8-11-31-54-51/h6-8,11-14,17-28,31-37H,5,9-10,15-16,29-30H2,1-4H3. The first-order valence-corrected chi connectivity index (χ1v) is 20.2. The zero-order valence-electron chi connectivity index (χ0n) is 32.9. The van der Waals surface area contributed by atoms with Crippen molar-refractivity contribution in [3.8, 4) is 55.9 Å². The largest absolute Gasteiger partial charge is 0.256 e. The lowest BCUT2D eigenvalue weighted by Gasteiger charge is -2.34. The zero-order chi connectivity index (χ0) is 37.8. The number of hydrogen-bond acceptors (Lipinski definition) is 2. The van der Waals surface area contributed by atoms with Crippen molar-refractivity contribution in [2.75, 3.05) is 0 Å². The van der Waals surface area contributed by atoms with E-state index in [1.807, 2.05) is 18.3 Å². The van der Waals surface area contributed by atoms with E-state index in [9.17, 15) is 0 Å². The van der Waals surface area contributed by atoms with Gasteiger partial charge in [0, 0.05) is 23.5 Å². The van der Waals surface area contributed by atoms with E-state index in [1.54, 1.807) is 0 Å². The molecule has 0 saturated heterocycles. The molecule has 55 heavy (non-hydrogen) atoms. The number of hydrogen-bond donors (Lipinski definition) is 0. The van der Waals surface area contributed by atoms with Crippen molar-refractivity contribution in [2.45, 2.75) is 84.0 Å². The lowest BCUT2D eigenvalue weighted by molar-refractivity contribution is 0.319. The van der Waals surface area contributed by atoms with E-state index < -0.39 is 0 Å². The molecule has 2 nitrogen and oxygen atoms in total. The number of nitrogens with zero attached hydrogens (tertiary/aromatic N) is 2. The van der Waals surface area contributed by atoms with Gasteiger partial charge in [0.2, 0.25) is 0 Å². The third-order valence-electron chi connectivity index (χ3n) is 11.9. The van der Waals surface area contributed by atoms with E-state index in [0.717, 1.165) is 35.4 Å². The highest BCUT2D eigenvalue weighted by molar-refractivity contribution is 5.85. The molecule has 0 N–H and O–H groups in total. The van der Waals surface area contributed by atoms with Gasteiger partial charge in [0.05, 0.1) is 11.4 Å². The molecule has 8 rings (SSSR count). The van der Waals surface area contributed by atoms with Gasteiger partial charge in [-0.1, -0.05) is 167 Å². The summed E-state index contributed by atoms with van der Waals surface area (Å²) in [5, 5.41) is 0. The predicted octanol–water partition coefficient (Wildman–Crippen LogP) is 14.3. The Balaban J connectivity index is 1.02. The first kappa shape index (κ1) is 36.4. The van der Waals surface area contributed by atoms with Gasteiger partial charge < -0.3 is 0 Å². The van der Waals surface area contributed by atoms with Crippen molar-refractivity contribution in [1.82, 2.24) is 9.97 Å². The number of aromatic nitrogens is 2. The van der Waals surface area contributed by atoms with Crippen LogP contribution >= 0.6 is 0 Å². The summed E-state index contributed by atoms with van der Waals surface area (Å²) in [5.41, 5.74) is 18.9. The summed E-state index contributed by atoms with van der Waals surface area (Å²) in [6, 6.07) is 51.5. The van der Waals surface area contributed by atoms with Gasteiger partial charge in [-0.15, -0.1) is 0 Å². The molecule has 0 bridgehead atoms. The minimum absolute atomic E-state index is 0.304. The molecule has 7 aromatic rings. The van der Waals surface area contributed by atoms with Crippen LogP contribution in [0.2, 0.25) is 0 Å². The monoisotopic (exact) mass is 716 g/mol. The molecule has 2 aromatic heterocycles. The van der Waals surface area contributed by atoms with Crippen molar-refractivity contribution in [2.24, 2.45) is 0 Å². The van der Waals surface area contributed by atoms with Crippen molar-refractivity contribution < 1.29 is 0 Å². The Morgan fingerprint density at radius 3 is 1.82 bits per heavy atom.